The maximum absolute atomic E-state index is 14.1. The van der Waals surface area contributed by atoms with E-state index in [0.717, 1.165) is 12.1 Å². The van der Waals surface area contributed by atoms with Crippen molar-refractivity contribution in [3.63, 3.8) is 0 Å². The summed E-state index contributed by atoms with van der Waals surface area (Å²) in [5.74, 6) is -5.06. The molecule has 1 aromatic heterocycles. The predicted octanol–water partition coefficient (Wildman–Crippen LogP) is 2.39. The topological polar surface area (TPSA) is 114 Å². The lowest BCUT2D eigenvalue weighted by Gasteiger charge is -2.12. The predicted molar refractivity (Wildman–Crippen MR) is 92.6 cm³/mol. The number of nitrogens with zero attached hydrogens (tertiary/aromatic N) is 2. The molecular formula is C18H13F2N3O5. The summed E-state index contributed by atoms with van der Waals surface area (Å²) in [4.78, 5) is 30.5. The van der Waals surface area contributed by atoms with Gasteiger partial charge in [0.25, 0.3) is 11.7 Å². The summed E-state index contributed by atoms with van der Waals surface area (Å²) >= 11 is 0. The Morgan fingerprint density at radius 2 is 1.57 bits per heavy atom. The van der Waals surface area contributed by atoms with Crippen LogP contribution >= 0.6 is 0 Å². The number of methoxy groups -OCH3 is 2. The van der Waals surface area contributed by atoms with Crippen molar-refractivity contribution in [2.45, 2.75) is 0 Å². The number of aromatic nitrogens is 2. The molecule has 8 nitrogen and oxygen atoms in total. The maximum atomic E-state index is 14.1. The molecule has 0 aliphatic rings. The average molecular weight is 389 g/mol. The Kier molecular flexibility index (Phi) is 5.03. The number of hydrogen-bond donors (Lipinski definition) is 1. The number of ketones is 1. The fourth-order valence-electron chi connectivity index (χ4n) is 2.50. The number of amides is 1. The molecule has 0 fully saturated rings. The van der Waals surface area contributed by atoms with Gasteiger partial charge in [0.2, 0.25) is 5.88 Å². The minimum absolute atomic E-state index is 0.0151. The molecule has 0 aliphatic heterocycles. The van der Waals surface area contributed by atoms with Crippen molar-refractivity contribution >= 4 is 22.6 Å². The van der Waals surface area contributed by atoms with Crippen LogP contribution in [0.1, 0.15) is 10.4 Å². The molecule has 3 aromatic rings. The summed E-state index contributed by atoms with van der Waals surface area (Å²) in [5, 5.41) is 0.387. The van der Waals surface area contributed by atoms with Gasteiger partial charge in [0.15, 0.2) is 11.5 Å². The van der Waals surface area contributed by atoms with Crippen molar-refractivity contribution in [1.29, 1.82) is 0 Å². The SMILES string of the molecule is COc1cc2ncnc(Oc3cc(F)c(C(=O)C(N)=O)c(F)c3)c2cc1OC. The van der Waals surface area contributed by atoms with Crippen LogP contribution in [0.4, 0.5) is 8.78 Å². The molecule has 0 bridgehead atoms. The molecule has 0 saturated carbocycles. The zero-order chi connectivity index (χ0) is 20.4. The van der Waals surface area contributed by atoms with E-state index in [1.807, 2.05) is 0 Å². The summed E-state index contributed by atoms with van der Waals surface area (Å²) in [6.07, 6.45) is 1.20. The lowest BCUT2D eigenvalue weighted by Crippen LogP contribution is -2.25. The van der Waals surface area contributed by atoms with Crippen LogP contribution in [0, 0.1) is 11.6 Å². The highest BCUT2D eigenvalue weighted by atomic mass is 19.1. The fraction of sp³-hybridized carbons (Fsp3) is 0.111. The largest absolute Gasteiger partial charge is 0.493 e. The van der Waals surface area contributed by atoms with Crippen LogP contribution in [-0.4, -0.2) is 35.9 Å². The third kappa shape index (κ3) is 3.39. The molecule has 0 spiro atoms. The van der Waals surface area contributed by atoms with E-state index in [0.29, 0.717) is 22.4 Å². The smallest absolute Gasteiger partial charge is 0.290 e. The number of halogens is 2. The van der Waals surface area contributed by atoms with E-state index in [4.69, 9.17) is 19.9 Å². The van der Waals surface area contributed by atoms with Gasteiger partial charge >= 0.3 is 0 Å². The number of benzene rings is 2. The average Bonchev–Trinajstić information content (AvgIpc) is 2.66. The Labute approximate surface area is 156 Å². The van der Waals surface area contributed by atoms with Gasteiger partial charge in [-0.1, -0.05) is 0 Å². The van der Waals surface area contributed by atoms with E-state index >= 15 is 0 Å². The first-order valence-corrected chi connectivity index (χ1v) is 7.73. The van der Waals surface area contributed by atoms with E-state index in [1.54, 1.807) is 12.1 Å². The van der Waals surface area contributed by atoms with Crippen molar-refractivity contribution in [2.24, 2.45) is 5.73 Å². The number of hydrogen-bond acceptors (Lipinski definition) is 7. The molecule has 1 heterocycles. The minimum atomic E-state index is -1.48. The van der Waals surface area contributed by atoms with Crippen molar-refractivity contribution in [2.75, 3.05) is 14.2 Å². The highest BCUT2D eigenvalue weighted by Crippen LogP contribution is 2.36. The number of carbonyl (C=O) groups excluding carboxylic acids is 2. The van der Waals surface area contributed by atoms with Gasteiger partial charge in [-0.2, -0.15) is 0 Å². The Morgan fingerprint density at radius 3 is 2.14 bits per heavy atom. The van der Waals surface area contributed by atoms with Crippen LogP contribution in [0.5, 0.6) is 23.1 Å². The van der Waals surface area contributed by atoms with Gasteiger partial charge in [0.05, 0.1) is 30.7 Å². The summed E-state index contributed by atoms with van der Waals surface area (Å²) < 4.78 is 44.2. The Hall–Kier alpha value is -3.82. The van der Waals surface area contributed by atoms with Crippen LogP contribution in [0.15, 0.2) is 30.6 Å². The van der Waals surface area contributed by atoms with Crippen LogP contribution in [0.3, 0.4) is 0 Å². The van der Waals surface area contributed by atoms with Crippen molar-refractivity contribution < 1.29 is 32.6 Å². The first-order valence-electron chi connectivity index (χ1n) is 7.73. The van der Waals surface area contributed by atoms with Crippen molar-refractivity contribution in [3.05, 3.63) is 47.8 Å². The molecule has 1 amide bonds. The number of rotatable bonds is 6. The number of nitrogens with two attached hydrogens (primary N) is 1. The second kappa shape index (κ2) is 7.43. The molecule has 0 saturated heterocycles. The molecule has 144 valence electrons. The highest BCUT2D eigenvalue weighted by Gasteiger charge is 2.23. The number of Topliss-reactive ketones (excluding diaryl/α,β-unsaturated/α-hetero) is 1. The summed E-state index contributed by atoms with van der Waals surface area (Å²) in [6, 6.07) is 4.61. The van der Waals surface area contributed by atoms with Gasteiger partial charge in [-0.15, -0.1) is 0 Å². The summed E-state index contributed by atoms with van der Waals surface area (Å²) in [5.41, 5.74) is 4.17. The van der Waals surface area contributed by atoms with Crippen molar-refractivity contribution in [3.8, 4) is 23.1 Å². The molecule has 28 heavy (non-hydrogen) atoms. The summed E-state index contributed by atoms with van der Waals surface area (Å²) in [6.45, 7) is 0. The van der Waals surface area contributed by atoms with Crippen LogP contribution < -0.4 is 19.9 Å². The molecule has 10 heteroatoms. The molecule has 0 aliphatic carbocycles. The van der Waals surface area contributed by atoms with Gasteiger partial charge in [0, 0.05) is 18.2 Å². The lowest BCUT2D eigenvalue weighted by molar-refractivity contribution is -0.114. The van der Waals surface area contributed by atoms with E-state index in [2.05, 4.69) is 9.97 Å². The van der Waals surface area contributed by atoms with Crippen LogP contribution in [0.25, 0.3) is 10.9 Å². The molecule has 0 unspecified atom stereocenters. The van der Waals surface area contributed by atoms with E-state index in [-0.39, 0.29) is 11.6 Å². The number of primary amides is 1. The molecular weight excluding hydrogens is 376 g/mol. The second-order valence-corrected chi connectivity index (χ2v) is 5.46. The highest BCUT2D eigenvalue weighted by molar-refractivity contribution is 6.42. The lowest BCUT2D eigenvalue weighted by atomic mass is 10.1. The normalized spacial score (nSPS) is 10.6. The number of ether oxygens (including phenoxy) is 3. The summed E-state index contributed by atoms with van der Waals surface area (Å²) in [7, 11) is 2.90. The monoisotopic (exact) mass is 389 g/mol. The van der Waals surface area contributed by atoms with E-state index in [1.165, 1.54) is 20.5 Å². The molecule has 0 radical (unpaired) electrons. The van der Waals surface area contributed by atoms with Crippen LogP contribution in [-0.2, 0) is 4.79 Å². The van der Waals surface area contributed by atoms with Gasteiger partial charge in [-0.25, -0.2) is 18.7 Å². The molecule has 3 rings (SSSR count). The molecule has 2 aromatic carbocycles. The van der Waals surface area contributed by atoms with Gasteiger partial charge in [0.1, 0.15) is 23.7 Å². The first-order chi connectivity index (χ1) is 13.3. The zero-order valence-corrected chi connectivity index (χ0v) is 14.7. The fourth-order valence-corrected chi connectivity index (χ4v) is 2.50. The Balaban J connectivity index is 2.06. The molecule has 0 atom stereocenters. The Bertz CT molecular complexity index is 1080. The first kappa shape index (κ1) is 19.0. The maximum Gasteiger partial charge on any atom is 0.290 e. The minimum Gasteiger partial charge on any atom is -0.493 e. The molecule has 2 N–H and O–H groups in total. The van der Waals surface area contributed by atoms with Crippen LogP contribution in [0.2, 0.25) is 0 Å². The standard InChI is InChI=1S/C18H13F2N3O5/c1-26-13-5-9-12(6-14(13)27-2)22-7-23-18(9)28-8-3-10(19)15(11(20)4-8)16(24)17(21)25/h3-7H,1-2H3,(H2,21,25). The third-order valence-electron chi connectivity index (χ3n) is 3.79. The van der Waals surface area contributed by atoms with Gasteiger partial charge in [-0.05, 0) is 6.07 Å². The van der Waals surface area contributed by atoms with Crippen molar-refractivity contribution in [1.82, 2.24) is 9.97 Å². The van der Waals surface area contributed by atoms with Gasteiger partial charge < -0.3 is 19.9 Å². The zero-order valence-electron chi connectivity index (χ0n) is 14.7. The van der Waals surface area contributed by atoms with E-state index < -0.39 is 28.9 Å². The quantitative estimate of drug-likeness (QED) is 0.509. The Morgan fingerprint density at radius 1 is 0.964 bits per heavy atom. The number of fused-ring (bicyclic) bond motifs is 1. The van der Waals surface area contributed by atoms with E-state index in [9.17, 15) is 18.4 Å². The number of carbonyl (C=O) groups is 2. The second-order valence-electron chi connectivity index (χ2n) is 5.46. The van der Waals surface area contributed by atoms with Gasteiger partial charge in [-0.3, -0.25) is 9.59 Å². The third-order valence-corrected chi connectivity index (χ3v) is 3.79.